The van der Waals surface area contributed by atoms with Gasteiger partial charge in [-0.05, 0) is 24.0 Å². The van der Waals surface area contributed by atoms with E-state index in [1.54, 1.807) is 0 Å². The lowest BCUT2D eigenvalue weighted by molar-refractivity contribution is 0.160. The van der Waals surface area contributed by atoms with Crippen LogP contribution in [0.25, 0.3) is 0 Å². The van der Waals surface area contributed by atoms with E-state index in [0.29, 0.717) is 6.04 Å². The van der Waals surface area contributed by atoms with Crippen molar-refractivity contribution in [3.05, 3.63) is 35.4 Å². The Kier molecular flexibility index (Phi) is 7.48. The summed E-state index contributed by atoms with van der Waals surface area (Å²) in [5.41, 5.74) is 2.09. The van der Waals surface area contributed by atoms with Crippen LogP contribution in [0.1, 0.15) is 36.4 Å². The molecule has 1 aliphatic carbocycles. The van der Waals surface area contributed by atoms with E-state index < -0.39 is 0 Å². The number of nitrogens with one attached hydrogen (secondary N) is 1. The zero-order chi connectivity index (χ0) is 13.1. The maximum Gasteiger partial charge on any atom is 0.0995 e. The molecule has 5 heteroatoms. The van der Waals surface area contributed by atoms with E-state index >= 15 is 0 Å². The average molecular weight is 328 g/mol. The van der Waals surface area contributed by atoms with E-state index in [1.807, 2.05) is 12.1 Å². The minimum absolute atomic E-state index is 0. The number of rotatable bonds is 4. The number of benzene rings is 1. The highest BCUT2D eigenvalue weighted by Gasteiger charge is 2.31. The average Bonchev–Trinajstić information content (AvgIpc) is 3.30. The van der Waals surface area contributed by atoms with Crippen molar-refractivity contribution in [2.45, 2.75) is 25.3 Å². The molecule has 1 heterocycles. The molecule has 0 unspecified atom stereocenters. The van der Waals surface area contributed by atoms with Gasteiger partial charge in [0.05, 0.1) is 11.6 Å². The molecule has 1 aromatic carbocycles. The molecule has 1 atom stereocenters. The van der Waals surface area contributed by atoms with E-state index in [0.717, 1.165) is 37.7 Å². The number of halogens is 2. The molecule has 116 valence electrons. The van der Waals surface area contributed by atoms with Crippen molar-refractivity contribution >= 4 is 24.8 Å². The fourth-order valence-electron chi connectivity index (χ4n) is 3.03. The molecule has 3 nitrogen and oxygen atoms in total. The molecule has 1 N–H and O–H groups in total. The van der Waals surface area contributed by atoms with Crippen molar-refractivity contribution < 1.29 is 0 Å². The lowest BCUT2D eigenvalue weighted by atomic mass is 9.95. The van der Waals surface area contributed by atoms with Gasteiger partial charge in [0.15, 0.2) is 0 Å². The Morgan fingerprint density at radius 3 is 2.48 bits per heavy atom. The Labute approximate surface area is 139 Å². The summed E-state index contributed by atoms with van der Waals surface area (Å²) in [6.45, 7) is 4.32. The summed E-state index contributed by atoms with van der Waals surface area (Å²) < 4.78 is 0. The second-order valence-corrected chi connectivity index (χ2v) is 5.68. The molecule has 0 aromatic heterocycles. The van der Waals surface area contributed by atoms with Crippen LogP contribution in [0.4, 0.5) is 0 Å². The van der Waals surface area contributed by atoms with E-state index in [9.17, 15) is 5.26 Å². The molecule has 1 aromatic rings. The van der Waals surface area contributed by atoms with Crippen molar-refractivity contribution in [2.75, 3.05) is 26.2 Å². The molecule has 3 rings (SSSR count). The number of piperazine rings is 1. The van der Waals surface area contributed by atoms with Gasteiger partial charge in [0.1, 0.15) is 0 Å². The minimum atomic E-state index is 0. The third-order valence-corrected chi connectivity index (χ3v) is 4.29. The van der Waals surface area contributed by atoms with Crippen molar-refractivity contribution in [3.8, 4) is 6.07 Å². The van der Waals surface area contributed by atoms with Crippen molar-refractivity contribution in [1.29, 1.82) is 5.26 Å². The molecular formula is C16H23Cl2N3. The van der Waals surface area contributed by atoms with Crippen LogP contribution in [0.2, 0.25) is 0 Å². The van der Waals surface area contributed by atoms with Crippen LogP contribution >= 0.6 is 24.8 Å². The standard InChI is InChI=1S/C16H21N3.2ClH/c17-12-14-3-1-2-4-15(14)16(11-13-5-6-13)19-9-7-18-8-10-19;;/h1-4,13,16,18H,5-11H2;2*1H/t16-;;/m1../s1. The van der Waals surface area contributed by atoms with Crippen LogP contribution in [-0.4, -0.2) is 31.1 Å². The molecule has 1 saturated carbocycles. The molecule has 0 spiro atoms. The summed E-state index contributed by atoms with van der Waals surface area (Å²) in [4.78, 5) is 2.56. The quantitative estimate of drug-likeness (QED) is 0.923. The lowest BCUT2D eigenvalue weighted by Crippen LogP contribution is -2.45. The molecule has 21 heavy (non-hydrogen) atoms. The van der Waals surface area contributed by atoms with Gasteiger partial charge in [0, 0.05) is 32.2 Å². The minimum Gasteiger partial charge on any atom is -0.314 e. The summed E-state index contributed by atoms with van der Waals surface area (Å²) in [5.74, 6) is 0.881. The first kappa shape index (κ1) is 18.3. The first-order valence-electron chi connectivity index (χ1n) is 7.32. The topological polar surface area (TPSA) is 39.1 Å². The summed E-state index contributed by atoms with van der Waals surface area (Å²) >= 11 is 0. The molecule has 0 amide bonds. The van der Waals surface area contributed by atoms with Crippen molar-refractivity contribution in [1.82, 2.24) is 10.2 Å². The van der Waals surface area contributed by atoms with Gasteiger partial charge in [-0.3, -0.25) is 4.90 Å². The smallest absolute Gasteiger partial charge is 0.0995 e. The van der Waals surface area contributed by atoms with E-state index in [2.05, 4.69) is 28.4 Å². The highest BCUT2D eigenvalue weighted by molar-refractivity contribution is 5.85. The number of nitriles is 1. The van der Waals surface area contributed by atoms with Gasteiger partial charge in [-0.15, -0.1) is 24.8 Å². The summed E-state index contributed by atoms with van der Waals surface area (Å²) in [6, 6.07) is 10.9. The monoisotopic (exact) mass is 327 g/mol. The van der Waals surface area contributed by atoms with Crippen LogP contribution in [0.3, 0.4) is 0 Å². The van der Waals surface area contributed by atoms with Crippen molar-refractivity contribution in [2.24, 2.45) is 5.92 Å². The SMILES string of the molecule is Cl.Cl.N#Cc1ccccc1[C@@H](CC1CC1)N1CCNCC1. The Bertz CT molecular complexity index is 477. The fraction of sp³-hybridized carbons (Fsp3) is 0.562. The third-order valence-electron chi connectivity index (χ3n) is 4.29. The molecule has 2 aliphatic rings. The molecule has 2 fully saturated rings. The summed E-state index contributed by atoms with van der Waals surface area (Å²) in [6.07, 6.45) is 3.97. The molecule has 0 radical (unpaired) electrons. The molecular weight excluding hydrogens is 305 g/mol. The Morgan fingerprint density at radius 2 is 1.86 bits per heavy atom. The van der Waals surface area contributed by atoms with Crippen LogP contribution in [0, 0.1) is 17.2 Å². The molecule has 1 aliphatic heterocycles. The summed E-state index contributed by atoms with van der Waals surface area (Å²) in [5, 5.41) is 12.7. The van der Waals surface area contributed by atoms with Gasteiger partial charge >= 0.3 is 0 Å². The van der Waals surface area contributed by atoms with Gasteiger partial charge in [0.25, 0.3) is 0 Å². The predicted octanol–water partition coefficient (Wildman–Crippen LogP) is 3.15. The second-order valence-electron chi connectivity index (χ2n) is 5.68. The first-order valence-corrected chi connectivity index (χ1v) is 7.32. The lowest BCUT2D eigenvalue weighted by Gasteiger charge is -2.35. The number of hydrogen-bond acceptors (Lipinski definition) is 3. The molecule has 1 saturated heterocycles. The maximum atomic E-state index is 9.33. The maximum absolute atomic E-state index is 9.33. The highest BCUT2D eigenvalue weighted by Crippen LogP contribution is 2.40. The largest absolute Gasteiger partial charge is 0.314 e. The van der Waals surface area contributed by atoms with Gasteiger partial charge in [-0.1, -0.05) is 31.0 Å². The second kappa shape index (κ2) is 8.60. The zero-order valence-electron chi connectivity index (χ0n) is 12.1. The van der Waals surface area contributed by atoms with Crippen molar-refractivity contribution in [3.63, 3.8) is 0 Å². The number of hydrogen-bond donors (Lipinski definition) is 1. The van der Waals surface area contributed by atoms with Gasteiger partial charge < -0.3 is 5.32 Å². The Hall–Kier alpha value is -0.790. The normalized spacial score (nSPS) is 19.8. The van der Waals surface area contributed by atoms with Crippen LogP contribution < -0.4 is 5.32 Å². The summed E-state index contributed by atoms with van der Waals surface area (Å²) in [7, 11) is 0. The van der Waals surface area contributed by atoms with E-state index in [4.69, 9.17) is 0 Å². The van der Waals surface area contributed by atoms with Gasteiger partial charge in [0.2, 0.25) is 0 Å². The predicted molar refractivity (Wildman–Crippen MR) is 90.2 cm³/mol. The Balaban J connectivity index is 0.00000110. The van der Waals surface area contributed by atoms with E-state index in [-0.39, 0.29) is 24.8 Å². The zero-order valence-corrected chi connectivity index (χ0v) is 13.8. The van der Waals surface area contributed by atoms with Crippen LogP contribution in [0.15, 0.2) is 24.3 Å². The number of nitrogens with zero attached hydrogens (tertiary/aromatic N) is 2. The van der Waals surface area contributed by atoms with Crippen LogP contribution in [-0.2, 0) is 0 Å². The van der Waals surface area contributed by atoms with Gasteiger partial charge in [-0.2, -0.15) is 5.26 Å². The fourth-order valence-corrected chi connectivity index (χ4v) is 3.03. The Morgan fingerprint density at radius 1 is 1.19 bits per heavy atom. The third kappa shape index (κ3) is 4.59. The van der Waals surface area contributed by atoms with Crippen LogP contribution in [0.5, 0.6) is 0 Å². The molecule has 0 bridgehead atoms. The first-order chi connectivity index (χ1) is 9.38. The van der Waals surface area contributed by atoms with E-state index in [1.165, 1.54) is 24.8 Å². The highest BCUT2D eigenvalue weighted by atomic mass is 35.5. The van der Waals surface area contributed by atoms with Gasteiger partial charge in [-0.25, -0.2) is 0 Å².